The zero-order valence-electron chi connectivity index (χ0n) is 18.2. The van der Waals surface area contributed by atoms with Crippen LogP contribution < -0.4 is 10.1 Å². The molecule has 4 rings (SSSR count). The van der Waals surface area contributed by atoms with Crippen LogP contribution in [0.15, 0.2) is 58.6 Å². The number of carbonyl (C=O) groups excluding carboxylic acids is 1. The normalized spacial score (nSPS) is 14.7. The number of nitrogens with one attached hydrogen (secondary N) is 2. The van der Waals surface area contributed by atoms with E-state index in [4.69, 9.17) is 4.74 Å². The van der Waals surface area contributed by atoms with Crippen LogP contribution in [0.5, 0.6) is 5.75 Å². The highest BCUT2D eigenvalue weighted by Crippen LogP contribution is 2.31. The van der Waals surface area contributed by atoms with Gasteiger partial charge in [0, 0.05) is 24.3 Å². The molecular formula is C22H25N5O4S2. The van der Waals surface area contributed by atoms with Crippen LogP contribution in [0, 0.1) is 0 Å². The van der Waals surface area contributed by atoms with E-state index in [2.05, 4.69) is 20.5 Å². The number of piperidine rings is 1. The molecule has 0 aliphatic carbocycles. The van der Waals surface area contributed by atoms with Crippen LogP contribution in [0.2, 0.25) is 0 Å². The number of anilines is 1. The Hall–Kier alpha value is -2.89. The van der Waals surface area contributed by atoms with Gasteiger partial charge in [0.25, 0.3) is 0 Å². The predicted molar refractivity (Wildman–Crippen MR) is 127 cm³/mol. The number of benzene rings is 2. The average molecular weight is 488 g/mol. The summed E-state index contributed by atoms with van der Waals surface area (Å²) in [6.45, 7) is 0.973. The maximum atomic E-state index is 13.1. The van der Waals surface area contributed by atoms with Crippen molar-refractivity contribution >= 4 is 33.4 Å². The Morgan fingerprint density at radius 1 is 1.15 bits per heavy atom. The lowest BCUT2D eigenvalue weighted by atomic mass is 10.2. The number of carbonyl (C=O) groups is 1. The van der Waals surface area contributed by atoms with E-state index in [-0.39, 0.29) is 22.3 Å². The standard InChI is InChI=1S/C22H25N5O4S2/c1-31-18-11-10-17(14-19(18)33(29,30)27-12-6-3-7-13-27)23-20(28)15-32-22-24-21(25-26-22)16-8-4-2-5-9-16/h2,4-5,8-11,14H,3,6-7,12-13,15H2,1H3,(H,23,28)(H,24,25,26). The predicted octanol–water partition coefficient (Wildman–Crippen LogP) is 3.39. The Morgan fingerprint density at radius 3 is 2.64 bits per heavy atom. The van der Waals surface area contributed by atoms with Crippen molar-refractivity contribution in [3.8, 4) is 17.1 Å². The van der Waals surface area contributed by atoms with Gasteiger partial charge in [-0.25, -0.2) is 13.4 Å². The van der Waals surface area contributed by atoms with Gasteiger partial charge in [-0.3, -0.25) is 9.89 Å². The number of aromatic amines is 1. The van der Waals surface area contributed by atoms with E-state index in [9.17, 15) is 13.2 Å². The molecule has 2 aromatic carbocycles. The molecule has 0 atom stereocenters. The molecular weight excluding hydrogens is 462 g/mol. The summed E-state index contributed by atoms with van der Waals surface area (Å²) in [5.41, 5.74) is 1.29. The molecule has 33 heavy (non-hydrogen) atoms. The number of H-pyrrole nitrogens is 1. The van der Waals surface area contributed by atoms with Crippen LogP contribution >= 0.6 is 11.8 Å². The first kappa shape index (κ1) is 23.3. The fraction of sp³-hybridized carbons (Fsp3) is 0.318. The van der Waals surface area contributed by atoms with Crippen LogP contribution in [-0.4, -0.2) is 59.8 Å². The quantitative estimate of drug-likeness (QED) is 0.468. The fourth-order valence-corrected chi connectivity index (χ4v) is 5.86. The van der Waals surface area contributed by atoms with Gasteiger partial charge in [-0.05, 0) is 31.0 Å². The first-order valence-electron chi connectivity index (χ1n) is 10.6. The molecule has 9 nitrogen and oxygen atoms in total. The highest BCUT2D eigenvalue weighted by Gasteiger charge is 2.29. The molecule has 0 radical (unpaired) electrons. The fourth-order valence-electron chi connectivity index (χ4n) is 3.56. The lowest BCUT2D eigenvalue weighted by Gasteiger charge is -2.26. The number of amides is 1. The Balaban J connectivity index is 1.42. The molecule has 1 aliphatic rings. The molecule has 1 amide bonds. The Bertz CT molecular complexity index is 1210. The van der Waals surface area contributed by atoms with Crippen LogP contribution in [0.4, 0.5) is 5.69 Å². The second-order valence-corrected chi connectivity index (χ2v) is 10.3. The molecule has 174 valence electrons. The summed E-state index contributed by atoms with van der Waals surface area (Å²) in [5.74, 6) is 0.660. The van der Waals surface area contributed by atoms with Gasteiger partial charge in [-0.1, -0.05) is 48.5 Å². The van der Waals surface area contributed by atoms with Crippen molar-refractivity contribution in [1.82, 2.24) is 19.5 Å². The van der Waals surface area contributed by atoms with Crippen molar-refractivity contribution in [2.45, 2.75) is 29.3 Å². The van der Waals surface area contributed by atoms with Crippen molar-refractivity contribution < 1.29 is 17.9 Å². The van der Waals surface area contributed by atoms with Crippen molar-refractivity contribution in [1.29, 1.82) is 0 Å². The average Bonchev–Trinajstić information content (AvgIpc) is 3.33. The molecule has 0 saturated carbocycles. The van der Waals surface area contributed by atoms with E-state index in [0.717, 1.165) is 24.8 Å². The van der Waals surface area contributed by atoms with Crippen LogP contribution in [-0.2, 0) is 14.8 Å². The van der Waals surface area contributed by atoms with Crippen molar-refractivity contribution in [3.05, 3.63) is 48.5 Å². The van der Waals surface area contributed by atoms with E-state index >= 15 is 0 Å². The lowest BCUT2D eigenvalue weighted by molar-refractivity contribution is -0.113. The first-order chi connectivity index (χ1) is 16.0. The van der Waals surface area contributed by atoms with Gasteiger partial charge < -0.3 is 10.1 Å². The molecule has 3 aromatic rings. The number of methoxy groups -OCH3 is 1. The third-order valence-electron chi connectivity index (χ3n) is 5.22. The van der Waals surface area contributed by atoms with Gasteiger partial charge in [0.2, 0.25) is 21.1 Å². The second-order valence-electron chi connectivity index (χ2n) is 7.50. The zero-order chi connectivity index (χ0) is 23.3. The maximum absolute atomic E-state index is 13.1. The monoisotopic (exact) mass is 487 g/mol. The highest BCUT2D eigenvalue weighted by molar-refractivity contribution is 7.99. The number of sulfonamides is 1. The molecule has 2 heterocycles. The van der Waals surface area contributed by atoms with Crippen LogP contribution in [0.25, 0.3) is 11.4 Å². The number of hydrogen-bond acceptors (Lipinski definition) is 7. The van der Waals surface area contributed by atoms with E-state index in [1.54, 1.807) is 12.1 Å². The third-order valence-corrected chi connectivity index (χ3v) is 7.99. The van der Waals surface area contributed by atoms with E-state index in [0.29, 0.717) is 29.8 Å². The van der Waals surface area contributed by atoms with Crippen LogP contribution in [0.3, 0.4) is 0 Å². The molecule has 0 spiro atoms. The Labute approximate surface area is 197 Å². The number of ether oxygens (including phenoxy) is 1. The number of aromatic nitrogens is 3. The van der Waals surface area contributed by atoms with Gasteiger partial charge in [0.1, 0.15) is 10.6 Å². The summed E-state index contributed by atoms with van der Waals surface area (Å²) in [7, 11) is -2.28. The minimum absolute atomic E-state index is 0.0545. The lowest BCUT2D eigenvalue weighted by Crippen LogP contribution is -2.35. The smallest absolute Gasteiger partial charge is 0.246 e. The summed E-state index contributed by atoms with van der Waals surface area (Å²) >= 11 is 1.19. The van der Waals surface area contributed by atoms with Gasteiger partial charge in [0.15, 0.2) is 5.82 Å². The molecule has 2 N–H and O–H groups in total. The topological polar surface area (TPSA) is 117 Å². The maximum Gasteiger partial charge on any atom is 0.246 e. The molecule has 1 aromatic heterocycles. The molecule has 0 unspecified atom stereocenters. The molecule has 11 heteroatoms. The molecule has 1 fully saturated rings. The van der Waals surface area contributed by atoms with Crippen molar-refractivity contribution in [2.75, 3.05) is 31.3 Å². The highest BCUT2D eigenvalue weighted by atomic mass is 32.2. The minimum atomic E-state index is -3.71. The second kappa shape index (κ2) is 10.4. The summed E-state index contributed by atoms with van der Waals surface area (Å²) in [4.78, 5) is 16.9. The number of hydrogen-bond donors (Lipinski definition) is 2. The molecule has 1 aliphatic heterocycles. The SMILES string of the molecule is COc1ccc(NC(=O)CSc2n[nH]c(-c3ccccc3)n2)cc1S(=O)(=O)N1CCCCC1. The van der Waals surface area contributed by atoms with Crippen molar-refractivity contribution in [3.63, 3.8) is 0 Å². The summed E-state index contributed by atoms with van der Waals surface area (Å²) < 4.78 is 33.0. The van der Waals surface area contributed by atoms with E-state index < -0.39 is 10.0 Å². The van der Waals surface area contributed by atoms with Gasteiger partial charge in [0.05, 0.1) is 12.9 Å². The largest absolute Gasteiger partial charge is 0.495 e. The number of rotatable bonds is 8. The van der Waals surface area contributed by atoms with E-state index in [1.807, 2.05) is 30.3 Å². The Kier molecular flexibility index (Phi) is 7.31. The first-order valence-corrected chi connectivity index (χ1v) is 13.0. The minimum Gasteiger partial charge on any atom is -0.495 e. The van der Waals surface area contributed by atoms with Gasteiger partial charge in [-0.15, -0.1) is 5.10 Å². The Morgan fingerprint density at radius 2 is 1.91 bits per heavy atom. The van der Waals surface area contributed by atoms with Gasteiger partial charge >= 0.3 is 0 Å². The molecule has 1 saturated heterocycles. The third kappa shape index (κ3) is 5.55. The zero-order valence-corrected chi connectivity index (χ0v) is 19.8. The van der Waals surface area contributed by atoms with Gasteiger partial charge in [-0.2, -0.15) is 4.31 Å². The summed E-state index contributed by atoms with van der Waals surface area (Å²) in [5, 5.41) is 10.2. The number of thioether (sulfide) groups is 1. The molecule has 0 bridgehead atoms. The van der Waals surface area contributed by atoms with E-state index in [1.165, 1.54) is 29.2 Å². The van der Waals surface area contributed by atoms with Crippen molar-refractivity contribution in [2.24, 2.45) is 0 Å². The number of nitrogens with zero attached hydrogens (tertiary/aromatic N) is 3. The summed E-state index contributed by atoms with van der Waals surface area (Å²) in [6, 6.07) is 14.2. The summed E-state index contributed by atoms with van der Waals surface area (Å²) in [6.07, 6.45) is 2.69. The van der Waals surface area contributed by atoms with Crippen LogP contribution in [0.1, 0.15) is 19.3 Å².